The third-order valence-electron chi connectivity index (χ3n) is 4.69. The van der Waals surface area contributed by atoms with Gasteiger partial charge in [0.1, 0.15) is 0 Å². The fourth-order valence-electron chi connectivity index (χ4n) is 3.40. The van der Waals surface area contributed by atoms with Crippen LogP contribution in [0.2, 0.25) is 0 Å². The molecule has 2 heterocycles. The molecule has 0 aliphatic carbocycles. The highest BCUT2D eigenvalue weighted by Crippen LogP contribution is 2.35. The van der Waals surface area contributed by atoms with Crippen LogP contribution in [0, 0.1) is 11.3 Å². The molecular formula is C17H32IN5O2. The van der Waals surface area contributed by atoms with E-state index in [1.54, 1.807) is 0 Å². The minimum Gasteiger partial charge on any atom is -0.357 e. The van der Waals surface area contributed by atoms with Crippen molar-refractivity contribution in [3.63, 3.8) is 0 Å². The number of likely N-dealkylation sites (tertiary alicyclic amines) is 1. The van der Waals surface area contributed by atoms with Gasteiger partial charge in [-0.15, -0.1) is 24.0 Å². The Labute approximate surface area is 167 Å². The van der Waals surface area contributed by atoms with Gasteiger partial charge in [-0.25, -0.2) is 0 Å². The highest BCUT2D eigenvalue weighted by atomic mass is 127. The molecule has 1 atom stereocenters. The van der Waals surface area contributed by atoms with Crippen molar-refractivity contribution in [2.75, 3.05) is 39.3 Å². The van der Waals surface area contributed by atoms with E-state index < -0.39 is 0 Å². The van der Waals surface area contributed by atoms with E-state index in [0.717, 1.165) is 45.0 Å². The lowest BCUT2D eigenvalue weighted by Crippen LogP contribution is -2.51. The molecule has 0 radical (unpaired) electrons. The maximum atomic E-state index is 11.6. The Morgan fingerprint density at radius 3 is 2.76 bits per heavy atom. The summed E-state index contributed by atoms with van der Waals surface area (Å²) in [6.07, 6.45) is 2.78. The molecule has 2 rings (SSSR count). The molecule has 2 fully saturated rings. The number of carbonyl (C=O) groups excluding carboxylic acids is 2. The van der Waals surface area contributed by atoms with Crippen molar-refractivity contribution in [2.45, 2.75) is 40.0 Å². The summed E-state index contributed by atoms with van der Waals surface area (Å²) in [5, 5.41) is 9.20. The van der Waals surface area contributed by atoms with E-state index in [2.05, 4.69) is 32.8 Å². The number of halogens is 1. The number of carbonyl (C=O) groups is 2. The largest absolute Gasteiger partial charge is 0.357 e. The monoisotopic (exact) mass is 465 g/mol. The number of piperidine rings is 1. The van der Waals surface area contributed by atoms with Crippen LogP contribution < -0.4 is 16.0 Å². The van der Waals surface area contributed by atoms with Crippen molar-refractivity contribution < 1.29 is 9.59 Å². The Hall–Kier alpha value is -1.06. The van der Waals surface area contributed by atoms with Gasteiger partial charge in [0.2, 0.25) is 11.8 Å². The topological polar surface area (TPSA) is 85.8 Å². The van der Waals surface area contributed by atoms with Crippen LogP contribution >= 0.6 is 24.0 Å². The second kappa shape index (κ2) is 10.2. The summed E-state index contributed by atoms with van der Waals surface area (Å²) in [4.78, 5) is 30.1. The first-order valence-corrected chi connectivity index (χ1v) is 9.03. The van der Waals surface area contributed by atoms with Crippen molar-refractivity contribution in [1.82, 2.24) is 20.9 Å². The molecule has 2 aliphatic heterocycles. The van der Waals surface area contributed by atoms with Crippen LogP contribution in [-0.2, 0) is 9.59 Å². The molecule has 8 heteroatoms. The number of nitrogens with zero attached hydrogens (tertiary/aromatic N) is 2. The van der Waals surface area contributed by atoms with Gasteiger partial charge in [0, 0.05) is 50.5 Å². The van der Waals surface area contributed by atoms with Crippen molar-refractivity contribution in [2.24, 2.45) is 16.3 Å². The summed E-state index contributed by atoms with van der Waals surface area (Å²) in [7, 11) is 0. The van der Waals surface area contributed by atoms with Crippen LogP contribution in [0.15, 0.2) is 4.99 Å². The smallest absolute Gasteiger partial charge is 0.222 e. The molecule has 0 saturated carbocycles. The maximum absolute atomic E-state index is 11.6. The molecule has 2 amide bonds. The van der Waals surface area contributed by atoms with Crippen LogP contribution in [0.25, 0.3) is 0 Å². The molecular weight excluding hydrogens is 433 g/mol. The van der Waals surface area contributed by atoms with Gasteiger partial charge in [0.05, 0.1) is 6.54 Å². The number of amides is 2. The summed E-state index contributed by atoms with van der Waals surface area (Å²) in [6.45, 7) is 10.3. The number of nitrogens with one attached hydrogen (secondary N) is 3. The van der Waals surface area contributed by atoms with Gasteiger partial charge in [-0.3, -0.25) is 14.6 Å². The lowest BCUT2D eigenvalue weighted by Gasteiger charge is -2.40. The van der Waals surface area contributed by atoms with Crippen molar-refractivity contribution in [3.8, 4) is 0 Å². The molecule has 0 aromatic rings. The zero-order chi connectivity index (χ0) is 17.6. The quantitative estimate of drug-likeness (QED) is 0.244. The molecule has 7 nitrogen and oxygen atoms in total. The van der Waals surface area contributed by atoms with E-state index in [1.165, 1.54) is 0 Å². The van der Waals surface area contributed by atoms with E-state index >= 15 is 0 Å². The predicted octanol–water partition coefficient (Wildman–Crippen LogP) is 0.944. The molecule has 25 heavy (non-hydrogen) atoms. The average molecular weight is 465 g/mol. The number of hydrogen-bond donors (Lipinski definition) is 3. The van der Waals surface area contributed by atoms with Gasteiger partial charge in [0.25, 0.3) is 0 Å². The molecule has 0 aromatic heterocycles. The average Bonchev–Trinajstić information content (AvgIpc) is 2.90. The van der Waals surface area contributed by atoms with E-state index in [1.807, 2.05) is 13.8 Å². The van der Waals surface area contributed by atoms with Gasteiger partial charge in [-0.1, -0.05) is 13.8 Å². The number of guanidine groups is 1. The molecule has 0 bridgehead atoms. The molecule has 1 spiro atoms. The molecule has 2 saturated heterocycles. The normalized spacial score (nSPS) is 23.4. The van der Waals surface area contributed by atoms with Gasteiger partial charge in [-0.2, -0.15) is 0 Å². The number of rotatable bonds is 5. The standard InChI is InChI=1S/C17H31N5O2.HI/c1-4-18-16(20-8-7-19-15(24)13(2)3)22-9-5-6-17(12-22)10-14(23)21-11-17;/h13H,4-12H2,1-3H3,(H,18,20)(H,19,24)(H,21,23);1H. The van der Waals surface area contributed by atoms with Crippen molar-refractivity contribution in [3.05, 3.63) is 0 Å². The Morgan fingerprint density at radius 1 is 1.40 bits per heavy atom. The van der Waals surface area contributed by atoms with Gasteiger partial charge >= 0.3 is 0 Å². The molecule has 0 aromatic carbocycles. The molecule has 2 aliphatic rings. The first-order valence-electron chi connectivity index (χ1n) is 9.03. The zero-order valence-corrected chi connectivity index (χ0v) is 17.9. The summed E-state index contributed by atoms with van der Waals surface area (Å²) in [5.74, 6) is 1.10. The van der Waals surface area contributed by atoms with Gasteiger partial charge < -0.3 is 20.9 Å². The Balaban J connectivity index is 0.00000312. The van der Waals surface area contributed by atoms with E-state index in [4.69, 9.17) is 0 Å². The second-order valence-corrected chi connectivity index (χ2v) is 7.16. The predicted molar refractivity (Wildman–Crippen MR) is 110 cm³/mol. The molecule has 144 valence electrons. The Morgan fingerprint density at radius 2 is 2.16 bits per heavy atom. The second-order valence-electron chi connectivity index (χ2n) is 7.16. The summed E-state index contributed by atoms with van der Waals surface area (Å²) >= 11 is 0. The minimum absolute atomic E-state index is 0. The molecule has 1 unspecified atom stereocenters. The third-order valence-corrected chi connectivity index (χ3v) is 4.69. The SMILES string of the molecule is CCNC(=NCCNC(=O)C(C)C)N1CCCC2(CNC(=O)C2)C1.I. The fraction of sp³-hybridized carbons (Fsp3) is 0.824. The van der Waals surface area contributed by atoms with Crippen LogP contribution in [0.5, 0.6) is 0 Å². The van der Waals surface area contributed by atoms with E-state index in [0.29, 0.717) is 19.5 Å². The van der Waals surface area contributed by atoms with Crippen LogP contribution in [0.4, 0.5) is 0 Å². The van der Waals surface area contributed by atoms with Crippen molar-refractivity contribution in [1.29, 1.82) is 0 Å². The van der Waals surface area contributed by atoms with Gasteiger partial charge in [0.15, 0.2) is 5.96 Å². The van der Waals surface area contributed by atoms with Crippen LogP contribution in [0.3, 0.4) is 0 Å². The summed E-state index contributed by atoms with van der Waals surface area (Å²) in [6, 6.07) is 0. The highest BCUT2D eigenvalue weighted by Gasteiger charge is 2.42. The zero-order valence-electron chi connectivity index (χ0n) is 15.6. The summed E-state index contributed by atoms with van der Waals surface area (Å²) in [5.41, 5.74) is 0.0530. The fourth-order valence-corrected chi connectivity index (χ4v) is 3.40. The maximum Gasteiger partial charge on any atom is 0.222 e. The Kier molecular flexibility index (Phi) is 8.95. The van der Waals surface area contributed by atoms with E-state index in [-0.39, 0.29) is 47.1 Å². The minimum atomic E-state index is -0.00317. The van der Waals surface area contributed by atoms with Gasteiger partial charge in [-0.05, 0) is 19.8 Å². The van der Waals surface area contributed by atoms with Crippen molar-refractivity contribution >= 4 is 41.8 Å². The third kappa shape index (κ3) is 6.31. The number of aliphatic imine (C=N–C) groups is 1. The lowest BCUT2D eigenvalue weighted by atomic mass is 9.79. The highest BCUT2D eigenvalue weighted by molar-refractivity contribution is 14.0. The first kappa shape index (κ1) is 22.0. The first-order chi connectivity index (χ1) is 11.5. The van der Waals surface area contributed by atoms with Crippen LogP contribution in [-0.4, -0.2) is 61.9 Å². The van der Waals surface area contributed by atoms with E-state index in [9.17, 15) is 9.59 Å². The molecule has 3 N–H and O–H groups in total. The summed E-state index contributed by atoms with van der Waals surface area (Å²) < 4.78 is 0. The van der Waals surface area contributed by atoms with Crippen LogP contribution in [0.1, 0.15) is 40.0 Å². The lowest BCUT2D eigenvalue weighted by molar-refractivity contribution is -0.124. The number of hydrogen-bond acceptors (Lipinski definition) is 3. The Bertz CT molecular complexity index is 497.